The molecule has 154 valence electrons. The summed E-state index contributed by atoms with van der Waals surface area (Å²) in [5.41, 5.74) is -1.30. The molecule has 0 unspecified atom stereocenters. The minimum atomic E-state index is -4.81. The third-order valence-corrected chi connectivity index (χ3v) is 5.38. The summed E-state index contributed by atoms with van der Waals surface area (Å²) in [5.74, 6) is -0.679. The Morgan fingerprint density at radius 1 is 1.28 bits per heavy atom. The van der Waals surface area contributed by atoms with Crippen LogP contribution in [0.25, 0.3) is 0 Å². The summed E-state index contributed by atoms with van der Waals surface area (Å²) in [6, 6.07) is 6.77. The molecule has 2 aromatic carbocycles. The monoisotopic (exact) mass is 463 g/mol. The molecule has 0 heterocycles. The van der Waals surface area contributed by atoms with E-state index in [-0.39, 0.29) is 26.5 Å². The van der Waals surface area contributed by atoms with Crippen LogP contribution in [0.1, 0.15) is 5.56 Å². The molecule has 2 rings (SSSR count). The van der Waals surface area contributed by atoms with E-state index in [1.807, 2.05) is 0 Å². The van der Waals surface area contributed by atoms with E-state index >= 15 is 0 Å². The fourth-order valence-corrected chi connectivity index (χ4v) is 3.35. The molecule has 0 fully saturated rings. The molecule has 1 N–H and O–H groups in total. The predicted octanol–water partition coefficient (Wildman–Crippen LogP) is 4.98. The van der Waals surface area contributed by atoms with E-state index in [9.17, 15) is 21.6 Å². The molecule has 12 heteroatoms. The molecule has 0 aliphatic rings. The molecule has 0 aliphatic heterocycles. The van der Waals surface area contributed by atoms with E-state index in [2.05, 4.69) is 10.3 Å². The largest absolute Gasteiger partial charge is 0.455 e. The van der Waals surface area contributed by atoms with Gasteiger partial charge >= 0.3 is 6.18 Å². The zero-order valence-corrected chi connectivity index (χ0v) is 17.3. The van der Waals surface area contributed by atoms with E-state index in [0.29, 0.717) is 0 Å². The van der Waals surface area contributed by atoms with Crippen LogP contribution in [-0.4, -0.2) is 26.1 Å². The van der Waals surface area contributed by atoms with Gasteiger partial charge in [0.2, 0.25) is 0 Å². The van der Waals surface area contributed by atoms with Gasteiger partial charge in [0.1, 0.15) is 11.3 Å². The van der Waals surface area contributed by atoms with Gasteiger partial charge in [-0.3, -0.25) is 5.32 Å². The first-order chi connectivity index (χ1) is 13.5. The van der Waals surface area contributed by atoms with Crippen molar-refractivity contribution in [1.29, 1.82) is 5.26 Å². The number of thioether (sulfide) groups is 1. The molecule has 0 aromatic heterocycles. The number of benzene rings is 2. The second-order valence-electron chi connectivity index (χ2n) is 5.51. The van der Waals surface area contributed by atoms with Gasteiger partial charge in [0.25, 0.3) is 0 Å². The Kier molecular flexibility index (Phi) is 7.05. The number of nitrogens with zero attached hydrogens (tertiary/aromatic N) is 2. The number of nitriles is 1. The van der Waals surface area contributed by atoms with Crippen LogP contribution in [-0.2, 0) is 16.0 Å². The van der Waals surface area contributed by atoms with Crippen molar-refractivity contribution in [2.45, 2.75) is 11.1 Å². The second-order valence-corrected chi connectivity index (χ2v) is 8.72. The van der Waals surface area contributed by atoms with Gasteiger partial charge in [-0.1, -0.05) is 23.4 Å². The van der Waals surface area contributed by atoms with Crippen LogP contribution in [0, 0.1) is 11.5 Å². The molecule has 29 heavy (non-hydrogen) atoms. The van der Waals surface area contributed by atoms with Crippen LogP contribution in [0.3, 0.4) is 0 Å². The Morgan fingerprint density at radius 2 is 1.90 bits per heavy atom. The third-order valence-electron chi connectivity index (χ3n) is 3.39. The van der Waals surface area contributed by atoms with Crippen LogP contribution < -0.4 is 10.1 Å². The smallest absolute Gasteiger partial charge is 0.420 e. The van der Waals surface area contributed by atoms with Crippen LogP contribution in [0.4, 0.5) is 18.9 Å². The zero-order chi connectivity index (χ0) is 21.8. The summed E-state index contributed by atoms with van der Waals surface area (Å²) >= 11 is 7.05. The maximum atomic E-state index is 13.6. The Bertz CT molecular complexity index is 1080. The van der Waals surface area contributed by atoms with Crippen LogP contribution in [0.15, 0.2) is 46.3 Å². The number of nitrogens with one attached hydrogen (secondary N) is 1. The number of hydrogen-bond acceptors (Lipinski definition) is 6. The molecule has 0 radical (unpaired) electrons. The van der Waals surface area contributed by atoms with E-state index in [1.54, 1.807) is 12.4 Å². The van der Waals surface area contributed by atoms with Crippen molar-refractivity contribution < 1.29 is 26.3 Å². The maximum Gasteiger partial charge on any atom is 0.420 e. The Labute approximate surface area is 174 Å². The molecule has 0 spiro atoms. The summed E-state index contributed by atoms with van der Waals surface area (Å²) in [7, 11) is -3.46. The molecule has 0 bridgehead atoms. The van der Waals surface area contributed by atoms with Gasteiger partial charge < -0.3 is 4.74 Å². The normalized spacial score (nSPS) is 12.4. The summed E-state index contributed by atoms with van der Waals surface area (Å²) in [5, 5.41) is 10.6. The van der Waals surface area contributed by atoms with Gasteiger partial charge in [0.15, 0.2) is 26.9 Å². The van der Waals surface area contributed by atoms with Crippen molar-refractivity contribution in [2.24, 2.45) is 4.99 Å². The standard InChI is InChI=1S/C17H13ClF3N3O3S2/c1-28-16(23-9-22)24-10-7-13(17(19,20)21)15(14(18)8-10)27-11-3-5-12(6-4-11)29(2,25)26/h3-8H,1-2H3,(H,23,24). The van der Waals surface area contributed by atoms with Gasteiger partial charge in [-0.2, -0.15) is 18.4 Å². The number of aliphatic imine (C=N–C) groups is 1. The van der Waals surface area contributed by atoms with E-state index in [0.717, 1.165) is 30.2 Å². The van der Waals surface area contributed by atoms with Crippen molar-refractivity contribution in [3.05, 3.63) is 47.0 Å². The second kappa shape index (κ2) is 8.94. The highest BCUT2D eigenvalue weighted by atomic mass is 35.5. The summed E-state index contributed by atoms with van der Waals surface area (Å²) in [6.45, 7) is 0. The summed E-state index contributed by atoms with van der Waals surface area (Å²) < 4.78 is 69.0. The first kappa shape index (κ1) is 22.9. The molecule has 0 saturated carbocycles. The fourth-order valence-electron chi connectivity index (χ4n) is 2.12. The van der Waals surface area contributed by atoms with Gasteiger partial charge in [-0.15, -0.1) is 0 Å². The first-order valence-corrected chi connectivity index (χ1v) is 11.1. The molecule has 6 nitrogen and oxygen atoms in total. The van der Waals surface area contributed by atoms with Crippen molar-refractivity contribution in [3.63, 3.8) is 0 Å². The van der Waals surface area contributed by atoms with Crippen molar-refractivity contribution in [3.8, 4) is 17.7 Å². The minimum absolute atomic E-state index is 0.00809. The lowest BCUT2D eigenvalue weighted by Crippen LogP contribution is -2.12. The highest BCUT2D eigenvalue weighted by molar-refractivity contribution is 8.13. The average molecular weight is 464 g/mol. The molecule has 2 aromatic rings. The minimum Gasteiger partial charge on any atom is -0.455 e. The summed E-state index contributed by atoms with van der Waals surface area (Å²) in [6.07, 6.45) is -0.578. The molecular formula is C17H13ClF3N3O3S2. The van der Waals surface area contributed by atoms with Gasteiger partial charge in [-0.05, 0) is 42.7 Å². The molecule has 0 atom stereocenters. The first-order valence-electron chi connectivity index (χ1n) is 7.62. The van der Waals surface area contributed by atoms with E-state index in [1.165, 1.54) is 24.3 Å². The SMILES string of the molecule is CS/C(=N\c1cc(Cl)c(Oc2ccc(S(C)(=O)=O)cc2)c(C(F)(F)F)c1)NC#N. The number of amidine groups is 1. The zero-order valence-electron chi connectivity index (χ0n) is 14.9. The lowest BCUT2D eigenvalue weighted by atomic mass is 10.1. The lowest BCUT2D eigenvalue weighted by Gasteiger charge is -2.16. The summed E-state index contributed by atoms with van der Waals surface area (Å²) in [4.78, 5) is 3.92. The Morgan fingerprint density at radius 3 is 2.38 bits per heavy atom. The Balaban J connectivity index is 2.50. The van der Waals surface area contributed by atoms with Crippen molar-refractivity contribution >= 4 is 44.1 Å². The van der Waals surface area contributed by atoms with E-state index in [4.69, 9.17) is 21.6 Å². The van der Waals surface area contributed by atoms with Gasteiger partial charge in [0, 0.05) is 6.26 Å². The number of halogens is 4. The van der Waals surface area contributed by atoms with E-state index < -0.39 is 27.3 Å². The number of sulfone groups is 1. The maximum absolute atomic E-state index is 13.6. The molecule has 0 amide bonds. The quantitative estimate of drug-likeness (QED) is 0.298. The number of ether oxygens (including phenoxy) is 1. The molecular weight excluding hydrogens is 451 g/mol. The van der Waals surface area contributed by atoms with Gasteiger partial charge in [-0.25, -0.2) is 13.4 Å². The third kappa shape index (κ3) is 6.03. The molecule has 0 aliphatic carbocycles. The predicted molar refractivity (Wildman–Crippen MR) is 105 cm³/mol. The topological polar surface area (TPSA) is 91.5 Å². The van der Waals surface area contributed by atoms with Gasteiger partial charge in [0.05, 0.1) is 15.6 Å². The highest BCUT2D eigenvalue weighted by Crippen LogP contribution is 2.44. The fraction of sp³-hybridized carbons (Fsp3) is 0.176. The van der Waals surface area contributed by atoms with Crippen LogP contribution >= 0.6 is 23.4 Å². The van der Waals surface area contributed by atoms with Crippen molar-refractivity contribution in [2.75, 3.05) is 12.5 Å². The van der Waals surface area contributed by atoms with Crippen LogP contribution in [0.2, 0.25) is 5.02 Å². The Hall–Kier alpha value is -2.42. The van der Waals surface area contributed by atoms with Crippen LogP contribution in [0.5, 0.6) is 11.5 Å². The number of alkyl halides is 3. The number of hydrogen-bond donors (Lipinski definition) is 1. The van der Waals surface area contributed by atoms with Crippen molar-refractivity contribution in [1.82, 2.24) is 5.32 Å². The number of rotatable bonds is 4. The highest BCUT2D eigenvalue weighted by Gasteiger charge is 2.36. The lowest BCUT2D eigenvalue weighted by molar-refractivity contribution is -0.138. The molecule has 0 saturated heterocycles. The average Bonchev–Trinajstić information content (AvgIpc) is 2.62.